The predicted octanol–water partition coefficient (Wildman–Crippen LogP) is 1.85. The van der Waals surface area contributed by atoms with Crippen LogP contribution in [-0.2, 0) is 0 Å². The highest BCUT2D eigenvalue weighted by atomic mass is 28.3. The van der Waals surface area contributed by atoms with Crippen molar-refractivity contribution in [1.29, 1.82) is 0 Å². The van der Waals surface area contributed by atoms with Crippen molar-refractivity contribution in [1.82, 2.24) is 4.57 Å². The molecule has 0 aliphatic heterocycles. The Labute approximate surface area is 68.7 Å². The quantitative estimate of drug-likeness (QED) is 0.589. The third kappa shape index (κ3) is 2.99. The van der Waals surface area contributed by atoms with Crippen LogP contribution in [0.3, 0.4) is 0 Å². The highest BCUT2D eigenvalue weighted by Crippen LogP contribution is 2.14. The number of nitrogens with zero attached hydrogens (tertiary/aromatic N) is 1. The van der Waals surface area contributed by atoms with E-state index in [4.69, 9.17) is 0 Å². The zero-order chi connectivity index (χ0) is 8.31. The SMILES string of the molecule is CC([Si](C)C)[Si](C)N(C)C. The number of rotatable bonds is 3. The number of hydrogen-bond donors (Lipinski definition) is 0. The molecular weight excluding hydrogens is 154 g/mol. The first-order chi connectivity index (χ1) is 4.46. The lowest BCUT2D eigenvalue weighted by Gasteiger charge is -2.26. The van der Waals surface area contributed by atoms with Crippen LogP contribution in [0.4, 0.5) is 0 Å². The zero-order valence-corrected chi connectivity index (χ0v) is 10.0. The van der Waals surface area contributed by atoms with E-state index in [1.165, 1.54) is 0 Å². The maximum absolute atomic E-state index is 2.41. The van der Waals surface area contributed by atoms with E-state index < -0.39 is 0 Å². The Kier molecular flexibility index (Phi) is 4.48. The molecule has 0 aromatic heterocycles. The van der Waals surface area contributed by atoms with Crippen LogP contribution in [-0.4, -0.2) is 36.4 Å². The van der Waals surface area contributed by atoms with Crippen LogP contribution in [0.25, 0.3) is 0 Å². The Morgan fingerprint density at radius 1 is 1.10 bits per heavy atom. The molecule has 0 aliphatic rings. The lowest BCUT2D eigenvalue weighted by Crippen LogP contribution is -2.37. The maximum Gasteiger partial charge on any atom is 0.132 e. The van der Waals surface area contributed by atoms with E-state index in [0.717, 1.165) is 5.16 Å². The van der Waals surface area contributed by atoms with Crippen molar-refractivity contribution in [2.45, 2.75) is 31.7 Å². The molecule has 3 heteroatoms. The van der Waals surface area contributed by atoms with Gasteiger partial charge in [-0.2, -0.15) is 0 Å². The van der Waals surface area contributed by atoms with Gasteiger partial charge in [-0.05, 0) is 19.3 Å². The third-order valence-electron chi connectivity index (χ3n) is 2.20. The molecule has 1 nitrogen and oxygen atoms in total. The zero-order valence-electron chi connectivity index (χ0n) is 8.02. The largest absolute Gasteiger partial charge is 0.330 e. The highest BCUT2D eigenvalue weighted by molar-refractivity contribution is 6.76. The summed E-state index contributed by atoms with van der Waals surface area (Å²) >= 11 is 0. The molecule has 0 N–H and O–H groups in total. The van der Waals surface area contributed by atoms with E-state index in [0.29, 0.717) is 0 Å². The molecule has 0 amide bonds. The van der Waals surface area contributed by atoms with Crippen LogP contribution in [0.15, 0.2) is 0 Å². The van der Waals surface area contributed by atoms with Crippen molar-refractivity contribution in [3.8, 4) is 0 Å². The average molecular weight is 173 g/mol. The van der Waals surface area contributed by atoms with Crippen LogP contribution < -0.4 is 0 Å². The Balaban J connectivity index is 3.81. The van der Waals surface area contributed by atoms with Crippen LogP contribution in [0.1, 0.15) is 6.92 Å². The van der Waals surface area contributed by atoms with Gasteiger partial charge in [0, 0.05) is 8.80 Å². The Hall–Kier alpha value is 0.394. The molecule has 0 fully saturated rings. The van der Waals surface area contributed by atoms with Gasteiger partial charge in [-0.15, -0.1) is 0 Å². The summed E-state index contributed by atoms with van der Waals surface area (Å²) in [5, 5.41) is 0.991. The second kappa shape index (κ2) is 4.31. The summed E-state index contributed by atoms with van der Waals surface area (Å²) in [5.41, 5.74) is 0. The van der Waals surface area contributed by atoms with E-state index in [1.807, 2.05) is 0 Å². The van der Waals surface area contributed by atoms with Crippen molar-refractivity contribution < 1.29 is 0 Å². The second-order valence-corrected chi connectivity index (χ2v) is 9.98. The first-order valence-electron chi connectivity index (χ1n) is 3.77. The lowest BCUT2D eigenvalue weighted by molar-refractivity contribution is 0.636. The normalized spacial score (nSPS) is 15.3. The van der Waals surface area contributed by atoms with Gasteiger partial charge >= 0.3 is 0 Å². The predicted molar refractivity (Wildman–Crippen MR) is 52.2 cm³/mol. The first-order valence-corrected chi connectivity index (χ1v) is 8.37. The fourth-order valence-electron chi connectivity index (χ4n) is 0.805. The van der Waals surface area contributed by atoms with Gasteiger partial charge in [0.25, 0.3) is 0 Å². The van der Waals surface area contributed by atoms with Crippen LogP contribution >= 0.6 is 0 Å². The van der Waals surface area contributed by atoms with E-state index >= 15 is 0 Å². The Morgan fingerprint density at radius 2 is 1.50 bits per heavy atom. The van der Waals surface area contributed by atoms with Gasteiger partial charge in [0.15, 0.2) is 0 Å². The molecule has 0 aliphatic carbocycles. The topological polar surface area (TPSA) is 3.24 Å². The van der Waals surface area contributed by atoms with Crippen molar-refractivity contribution in [2.24, 2.45) is 0 Å². The molecule has 10 heavy (non-hydrogen) atoms. The molecule has 0 spiro atoms. The van der Waals surface area contributed by atoms with Gasteiger partial charge in [0.1, 0.15) is 8.96 Å². The molecule has 0 saturated carbocycles. The molecule has 0 aromatic carbocycles. The molecule has 60 valence electrons. The molecule has 0 rings (SSSR count). The fourth-order valence-corrected chi connectivity index (χ4v) is 5.70. The standard InChI is InChI=1S/C7H19NSi2/c1-7(9(4)5)10(6)8(2)3/h7H,1-6H3. The Morgan fingerprint density at radius 3 is 1.60 bits per heavy atom. The summed E-state index contributed by atoms with van der Waals surface area (Å²) in [7, 11) is 4.15. The summed E-state index contributed by atoms with van der Waals surface area (Å²) in [6.45, 7) is 9.63. The van der Waals surface area contributed by atoms with Crippen molar-refractivity contribution in [2.75, 3.05) is 14.1 Å². The highest BCUT2D eigenvalue weighted by Gasteiger charge is 2.20. The van der Waals surface area contributed by atoms with Gasteiger partial charge in [-0.25, -0.2) is 0 Å². The van der Waals surface area contributed by atoms with Crippen molar-refractivity contribution >= 4 is 17.8 Å². The van der Waals surface area contributed by atoms with Crippen LogP contribution in [0.2, 0.25) is 24.8 Å². The summed E-state index contributed by atoms with van der Waals surface area (Å²) < 4.78 is 2.41. The molecule has 2 radical (unpaired) electrons. The third-order valence-corrected chi connectivity index (χ3v) is 9.58. The van der Waals surface area contributed by atoms with Crippen LogP contribution in [0, 0.1) is 0 Å². The molecular formula is C7H19NSi2. The molecule has 0 bridgehead atoms. The summed E-state index contributed by atoms with van der Waals surface area (Å²) in [4.78, 5) is 0. The first kappa shape index (κ1) is 10.4. The van der Waals surface area contributed by atoms with Gasteiger partial charge in [-0.1, -0.05) is 26.6 Å². The van der Waals surface area contributed by atoms with Gasteiger partial charge in [0.05, 0.1) is 0 Å². The molecule has 0 saturated heterocycles. The van der Waals surface area contributed by atoms with E-state index in [2.05, 4.69) is 45.2 Å². The van der Waals surface area contributed by atoms with E-state index in [9.17, 15) is 0 Å². The Bertz CT molecular complexity index is 81.6. The maximum atomic E-state index is 2.41. The van der Waals surface area contributed by atoms with Gasteiger partial charge in [0.2, 0.25) is 0 Å². The molecule has 0 aromatic rings. The monoisotopic (exact) mass is 173 g/mol. The average Bonchev–Trinajstić information content (AvgIpc) is 1.84. The van der Waals surface area contributed by atoms with E-state index in [-0.39, 0.29) is 17.8 Å². The second-order valence-electron chi connectivity index (χ2n) is 3.33. The van der Waals surface area contributed by atoms with Crippen molar-refractivity contribution in [3.63, 3.8) is 0 Å². The van der Waals surface area contributed by atoms with Crippen molar-refractivity contribution in [3.05, 3.63) is 0 Å². The van der Waals surface area contributed by atoms with Gasteiger partial charge < -0.3 is 4.57 Å². The molecule has 1 unspecified atom stereocenters. The minimum absolute atomic E-state index is 0.0525. The van der Waals surface area contributed by atoms with Gasteiger partial charge in [-0.3, -0.25) is 0 Å². The van der Waals surface area contributed by atoms with Crippen LogP contribution in [0.5, 0.6) is 0 Å². The molecule has 1 atom stereocenters. The summed E-state index contributed by atoms with van der Waals surface area (Å²) in [6.07, 6.45) is 0. The smallest absolute Gasteiger partial charge is 0.132 e. The minimum atomic E-state index is -0.205. The fraction of sp³-hybridized carbons (Fsp3) is 1.00. The lowest BCUT2D eigenvalue weighted by atomic mass is 10.9. The molecule has 0 heterocycles. The summed E-state index contributed by atoms with van der Waals surface area (Å²) in [6, 6.07) is 0. The summed E-state index contributed by atoms with van der Waals surface area (Å²) in [5.74, 6) is 0. The number of hydrogen-bond acceptors (Lipinski definition) is 1. The minimum Gasteiger partial charge on any atom is -0.330 e. The van der Waals surface area contributed by atoms with E-state index in [1.54, 1.807) is 0 Å².